The summed E-state index contributed by atoms with van der Waals surface area (Å²) in [7, 11) is 0.214. The van der Waals surface area contributed by atoms with Gasteiger partial charge in [0.05, 0.1) is 10.6 Å². The Hall–Kier alpha value is -2.78. The van der Waals surface area contributed by atoms with Gasteiger partial charge >= 0.3 is 0 Å². The van der Waals surface area contributed by atoms with E-state index in [2.05, 4.69) is 14.9 Å². The third-order valence-corrected chi connectivity index (χ3v) is 7.72. The van der Waals surface area contributed by atoms with Crippen molar-refractivity contribution in [1.29, 1.82) is 0 Å². The molecule has 0 aromatic heterocycles. The zero-order valence-electron chi connectivity index (χ0n) is 18.4. The molecule has 8 nitrogen and oxygen atoms in total. The van der Waals surface area contributed by atoms with Crippen LogP contribution in [0.3, 0.4) is 0 Å². The first-order valence-corrected chi connectivity index (χ1v) is 12.3. The van der Waals surface area contributed by atoms with Crippen LogP contribution in [0, 0.1) is 0 Å². The molecule has 1 amide bonds. The van der Waals surface area contributed by atoms with Crippen LogP contribution in [-0.4, -0.2) is 52.2 Å². The maximum atomic E-state index is 12.9. The average Bonchev–Trinajstić information content (AvgIpc) is 3.26. The largest absolute Gasteiger partial charge is 0.454 e. The van der Waals surface area contributed by atoms with Crippen LogP contribution in [-0.2, 0) is 10.0 Å². The molecule has 2 aliphatic rings. The van der Waals surface area contributed by atoms with E-state index < -0.39 is 10.0 Å². The first kappa shape index (κ1) is 22.4. The van der Waals surface area contributed by atoms with Gasteiger partial charge in [0.15, 0.2) is 11.5 Å². The van der Waals surface area contributed by atoms with E-state index in [1.54, 1.807) is 30.3 Å². The number of likely N-dealkylation sites (N-methyl/N-ethyl adjacent to an activating group) is 1. The average molecular weight is 460 g/mol. The van der Waals surface area contributed by atoms with Gasteiger partial charge < -0.3 is 19.7 Å². The highest BCUT2D eigenvalue weighted by atomic mass is 32.2. The van der Waals surface area contributed by atoms with Crippen LogP contribution in [0.25, 0.3) is 0 Å². The first-order chi connectivity index (χ1) is 15.3. The summed E-state index contributed by atoms with van der Waals surface area (Å²) in [5.41, 5.74) is 0.607. The fourth-order valence-electron chi connectivity index (χ4n) is 4.32. The maximum absolute atomic E-state index is 12.9. The predicted octanol–water partition coefficient (Wildman–Crippen LogP) is 3.21. The molecule has 0 saturated heterocycles. The lowest BCUT2D eigenvalue weighted by Crippen LogP contribution is -2.53. The lowest BCUT2D eigenvalue weighted by molar-refractivity contribution is 0.0799. The van der Waals surface area contributed by atoms with E-state index >= 15 is 0 Å². The summed E-state index contributed by atoms with van der Waals surface area (Å²) in [5.74, 6) is 0.771. The number of ether oxygens (including phenoxy) is 2. The Morgan fingerprint density at radius 3 is 2.53 bits per heavy atom. The minimum Gasteiger partial charge on any atom is -0.454 e. The molecule has 0 bridgehead atoms. The van der Waals surface area contributed by atoms with Gasteiger partial charge in [-0.3, -0.25) is 9.52 Å². The fourth-order valence-corrected chi connectivity index (χ4v) is 5.41. The Labute approximate surface area is 189 Å². The molecule has 0 atom stereocenters. The molecule has 2 N–H and O–H groups in total. The molecular formula is C23H29N3O5S. The summed E-state index contributed by atoms with van der Waals surface area (Å²) < 4.78 is 38.9. The van der Waals surface area contributed by atoms with Crippen molar-refractivity contribution in [1.82, 2.24) is 10.2 Å². The molecule has 1 saturated carbocycles. The van der Waals surface area contributed by atoms with E-state index in [9.17, 15) is 13.2 Å². The molecule has 32 heavy (non-hydrogen) atoms. The van der Waals surface area contributed by atoms with Crippen molar-refractivity contribution in [2.24, 2.45) is 0 Å². The van der Waals surface area contributed by atoms with Crippen LogP contribution in [0.4, 0.5) is 5.69 Å². The quantitative estimate of drug-likeness (QED) is 0.660. The molecule has 1 aliphatic heterocycles. The monoisotopic (exact) mass is 459 g/mol. The maximum Gasteiger partial charge on any atom is 0.261 e. The topological polar surface area (TPSA) is 97.0 Å². The van der Waals surface area contributed by atoms with Crippen molar-refractivity contribution in [3.05, 3.63) is 48.0 Å². The number of hydrogen-bond donors (Lipinski definition) is 2. The highest BCUT2D eigenvalue weighted by Crippen LogP contribution is 2.35. The van der Waals surface area contributed by atoms with E-state index in [0.717, 1.165) is 25.7 Å². The molecule has 0 spiro atoms. The van der Waals surface area contributed by atoms with E-state index in [1.807, 2.05) is 14.1 Å². The Bertz CT molecular complexity index is 1090. The van der Waals surface area contributed by atoms with E-state index in [-0.39, 0.29) is 23.1 Å². The van der Waals surface area contributed by atoms with Gasteiger partial charge in [-0.05, 0) is 57.3 Å². The Morgan fingerprint density at radius 1 is 1.03 bits per heavy atom. The van der Waals surface area contributed by atoms with Gasteiger partial charge in [0.2, 0.25) is 6.79 Å². The standard InChI is InChI=1S/C23H29N3O5S/c1-26(2)23(11-4-3-5-12-23)15-24-22(27)17-7-6-8-19(13-17)32(28,29)25-18-9-10-20-21(14-18)31-16-30-20/h6-10,13-14,25H,3-5,11-12,15-16H2,1-2H3,(H,24,27). The highest BCUT2D eigenvalue weighted by Gasteiger charge is 2.34. The molecule has 0 radical (unpaired) electrons. The van der Waals surface area contributed by atoms with E-state index in [1.165, 1.54) is 18.6 Å². The number of nitrogens with one attached hydrogen (secondary N) is 2. The second kappa shape index (κ2) is 8.99. The molecular weight excluding hydrogens is 430 g/mol. The summed E-state index contributed by atoms with van der Waals surface area (Å²) in [6.45, 7) is 0.642. The van der Waals surface area contributed by atoms with Crippen LogP contribution < -0.4 is 19.5 Å². The lowest BCUT2D eigenvalue weighted by Gasteiger charge is -2.43. The minimum atomic E-state index is -3.88. The smallest absolute Gasteiger partial charge is 0.261 e. The number of anilines is 1. The van der Waals surface area contributed by atoms with E-state index in [4.69, 9.17) is 9.47 Å². The number of carbonyl (C=O) groups is 1. The molecule has 1 heterocycles. The van der Waals surface area contributed by atoms with Crippen LogP contribution in [0.15, 0.2) is 47.4 Å². The Kier molecular flexibility index (Phi) is 6.30. The normalized spacial score (nSPS) is 17.2. The number of rotatable bonds is 7. The molecule has 1 fully saturated rings. The number of benzene rings is 2. The van der Waals surface area contributed by atoms with Gasteiger partial charge in [0, 0.05) is 23.7 Å². The second-order valence-electron chi connectivity index (χ2n) is 8.56. The third kappa shape index (κ3) is 4.68. The minimum absolute atomic E-state index is 0.0165. The number of amides is 1. The third-order valence-electron chi connectivity index (χ3n) is 6.34. The van der Waals surface area contributed by atoms with Gasteiger partial charge in [-0.2, -0.15) is 0 Å². The van der Waals surface area contributed by atoms with Gasteiger partial charge in [0.1, 0.15) is 0 Å². The summed E-state index contributed by atoms with van der Waals surface area (Å²) in [6.07, 6.45) is 5.59. The Balaban J connectivity index is 1.46. The second-order valence-corrected chi connectivity index (χ2v) is 10.2. The van der Waals surface area contributed by atoms with Crippen molar-refractivity contribution in [2.75, 3.05) is 32.2 Å². The molecule has 1 aliphatic carbocycles. The zero-order chi connectivity index (χ0) is 22.8. The van der Waals surface area contributed by atoms with Gasteiger partial charge in [-0.25, -0.2) is 8.42 Å². The fraction of sp³-hybridized carbons (Fsp3) is 0.435. The SMILES string of the molecule is CN(C)C1(CNC(=O)c2cccc(S(=O)(=O)Nc3ccc4c(c3)OCO4)c2)CCCCC1. The van der Waals surface area contributed by atoms with Crippen LogP contribution >= 0.6 is 0 Å². The van der Waals surface area contributed by atoms with Crippen LogP contribution in [0.5, 0.6) is 11.5 Å². The lowest BCUT2D eigenvalue weighted by atomic mass is 9.80. The number of fused-ring (bicyclic) bond motifs is 1. The van der Waals surface area contributed by atoms with Crippen molar-refractivity contribution < 1.29 is 22.7 Å². The van der Waals surface area contributed by atoms with Crippen molar-refractivity contribution in [3.63, 3.8) is 0 Å². The summed E-state index contributed by atoms with van der Waals surface area (Å²) in [5, 5.41) is 3.02. The highest BCUT2D eigenvalue weighted by molar-refractivity contribution is 7.92. The first-order valence-electron chi connectivity index (χ1n) is 10.8. The molecule has 4 rings (SSSR count). The summed E-state index contributed by atoms with van der Waals surface area (Å²) in [4.78, 5) is 15.1. The molecule has 2 aromatic carbocycles. The molecule has 0 unspecified atom stereocenters. The molecule has 172 valence electrons. The number of sulfonamides is 1. The summed E-state index contributed by atoms with van der Waals surface area (Å²) >= 11 is 0. The van der Waals surface area contributed by atoms with Gasteiger partial charge in [-0.1, -0.05) is 25.3 Å². The Morgan fingerprint density at radius 2 is 1.78 bits per heavy atom. The van der Waals surface area contributed by atoms with E-state index in [0.29, 0.717) is 29.3 Å². The van der Waals surface area contributed by atoms with Crippen molar-refractivity contribution >= 4 is 21.6 Å². The predicted molar refractivity (Wildman–Crippen MR) is 122 cm³/mol. The van der Waals surface area contributed by atoms with Gasteiger partial charge in [0.25, 0.3) is 15.9 Å². The van der Waals surface area contributed by atoms with Crippen molar-refractivity contribution in [3.8, 4) is 11.5 Å². The van der Waals surface area contributed by atoms with Gasteiger partial charge in [-0.15, -0.1) is 0 Å². The summed E-state index contributed by atoms with van der Waals surface area (Å²) in [6, 6.07) is 10.9. The van der Waals surface area contributed by atoms with Crippen molar-refractivity contribution in [2.45, 2.75) is 42.5 Å². The molecule has 2 aromatic rings. The molecule has 9 heteroatoms. The van der Waals surface area contributed by atoms with Crippen LogP contribution in [0.1, 0.15) is 42.5 Å². The zero-order valence-corrected chi connectivity index (χ0v) is 19.2. The number of carbonyl (C=O) groups excluding carboxylic acids is 1. The number of hydrogen-bond acceptors (Lipinski definition) is 6. The van der Waals surface area contributed by atoms with Crippen LogP contribution in [0.2, 0.25) is 0 Å². The number of nitrogens with zero attached hydrogens (tertiary/aromatic N) is 1.